The molecule has 0 aliphatic heterocycles. The van der Waals surface area contributed by atoms with Crippen LogP contribution in [0.3, 0.4) is 0 Å². The van der Waals surface area contributed by atoms with Gasteiger partial charge in [0.05, 0.1) is 35.1 Å². The second kappa shape index (κ2) is 12.4. The molecule has 1 N–H and O–H groups in total. The summed E-state index contributed by atoms with van der Waals surface area (Å²) in [6.07, 6.45) is 3.32. The number of amides is 2. The third-order valence-electron chi connectivity index (χ3n) is 6.24. The number of thiazole rings is 1. The summed E-state index contributed by atoms with van der Waals surface area (Å²) in [5.74, 6) is -4.74. The second-order valence-electron chi connectivity index (χ2n) is 9.02. The van der Waals surface area contributed by atoms with Gasteiger partial charge in [-0.3, -0.25) is 9.59 Å². The van der Waals surface area contributed by atoms with Crippen molar-refractivity contribution in [2.45, 2.75) is 46.1 Å². The first kappa shape index (κ1) is 29.6. The van der Waals surface area contributed by atoms with E-state index in [9.17, 15) is 27.6 Å². The van der Waals surface area contributed by atoms with E-state index >= 15 is 0 Å². The van der Waals surface area contributed by atoms with Gasteiger partial charge in [0.15, 0.2) is 14.6 Å². The SMILES string of the molecule is CCOC(=O)c1ccc2c(c1)sc(=NC(=O)CS(=O)(=O)CC(=O)Nc1sc3c(c1C(=O)OC)CCCC3)n2CC. The van der Waals surface area contributed by atoms with Crippen molar-refractivity contribution in [1.82, 2.24) is 4.57 Å². The van der Waals surface area contributed by atoms with E-state index in [0.29, 0.717) is 23.2 Å². The number of carbonyl (C=O) groups is 4. The number of anilines is 1. The predicted octanol–water partition coefficient (Wildman–Crippen LogP) is 3.11. The Bertz CT molecular complexity index is 1660. The summed E-state index contributed by atoms with van der Waals surface area (Å²) in [5.41, 5.74) is 2.18. The number of esters is 2. The maximum atomic E-state index is 12.7. The Morgan fingerprint density at radius 2 is 1.80 bits per heavy atom. The molecule has 14 heteroatoms. The van der Waals surface area contributed by atoms with Gasteiger partial charge in [-0.25, -0.2) is 18.0 Å². The van der Waals surface area contributed by atoms with Crippen molar-refractivity contribution in [3.8, 4) is 0 Å². The van der Waals surface area contributed by atoms with Crippen molar-refractivity contribution >= 4 is 71.5 Å². The Morgan fingerprint density at radius 3 is 2.50 bits per heavy atom. The molecular formula is C26H29N3O8S3. The maximum absolute atomic E-state index is 12.7. The van der Waals surface area contributed by atoms with Crippen molar-refractivity contribution in [3.63, 3.8) is 0 Å². The number of benzene rings is 1. The lowest BCUT2D eigenvalue weighted by atomic mass is 9.95. The summed E-state index contributed by atoms with van der Waals surface area (Å²) < 4.78 is 37.8. The topological polar surface area (TPSA) is 150 Å². The van der Waals surface area contributed by atoms with Gasteiger partial charge in [0.25, 0.3) is 5.91 Å². The molecule has 0 fully saturated rings. The summed E-state index contributed by atoms with van der Waals surface area (Å²) in [6, 6.07) is 4.97. The van der Waals surface area contributed by atoms with Crippen LogP contribution in [0.15, 0.2) is 23.2 Å². The molecule has 2 heterocycles. The lowest BCUT2D eigenvalue weighted by Crippen LogP contribution is -2.28. The van der Waals surface area contributed by atoms with Crippen LogP contribution in [0, 0.1) is 0 Å². The number of aryl methyl sites for hydroxylation is 2. The molecule has 0 atom stereocenters. The van der Waals surface area contributed by atoms with Crippen molar-refractivity contribution in [3.05, 3.63) is 44.6 Å². The number of aromatic nitrogens is 1. The molecule has 2 amide bonds. The molecule has 3 aromatic rings. The van der Waals surface area contributed by atoms with Crippen molar-refractivity contribution < 1.29 is 37.1 Å². The first-order valence-corrected chi connectivity index (χ1v) is 16.1. The van der Waals surface area contributed by atoms with E-state index in [0.717, 1.165) is 46.6 Å². The van der Waals surface area contributed by atoms with Crippen LogP contribution in [0.5, 0.6) is 0 Å². The zero-order valence-electron chi connectivity index (χ0n) is 22.3. The van der Waals surface area contributed by atoms with E-state index in [2.05, 4.69) is 10.3 Å². The standard InChI is InChI=1S/C26H29N3O8S3/c1-4-29-17-11-10-15(24(32)37-5-2)12-19(17)39-26(29)28-21(31)14-40(34,35)13-20(30)27-23-22(25(33)36-3)16-8-6-7-9-18(16)38-23/h10-12H,4-9,13-14H2,1-3H3,(H,27,30). The fourth-order valence-electron chi connectivity index (χ4n) is 4.52. The molecule has 1 aliphatic rings. The molecule has 214 valence electrons. The highest BCUT2D eigenvalue weighted by molar-refractivity contribution is 7.92. The van der Waals surface area contributed by atoms with E-state index in [-0.39, 0.29) is 22.0 Å². The molecule has 4 rings (SSSR count). The van der Waals surface area contributed by atoms with Crippen LogP contribution >= 0.6 is 22.7 Å². The molecule has 40 heavy (non-hydrogen) atoms. The Labute approximate surface area is 238 Å². The Morgan fingerprint density at radius 1 is 1.05 bits per heavy atom. The van der Waals surface area contributed by atoms with E-state index < -0.39 is 45.1 Å². The lowest BCUT2D eigenvalue weighted by Gasteiger charge is -2.11. The number of ether oxygens (including phenoxy) is 2. The number of rotatable bonds is 9. The summed E-state index contributed by atoms with van der Waals surface area (Å²) in [5, 5.41) is 2.80. The number of nitrogens with zero attached hydrogens (tertiary/aromatic N) is 2. The van der Waals surface area contributed by atoms with Gasteiger partial charge in [0, 0.05) is 11.4 Å². The normalized spacial score (nSPS) is 13.6. The number of carbonyl (C=O) groups excluding carboxylic acids is 4. The monoisotopic (exact) mass is 607 g/mol. The highest BCUT2D eigenvalue weighted by Crippen LogP contribution is 2.38. The maximum Gasteiger partial charge on any atom is 0.341 e. The summed E-state index contributed by atoms with van der Waals surface area (Å²) in [6.45, 7) is 4.25. The fourth-order valence-corrected chi connectivity index (χ4v) is 7.98. The molecule has 2 aromatic heterocycles. The molecule has 1 aliphatic carbocycles. The van der Waals surface area contributed by atoms with Crippen LogP contribution in [0.25, 0.3) is 10.2 Å². The fraction of sp³-hybridized carbons (Fsp3) is 0.423. The lowest BCUT2D eigenvalue weighted by molar-refractivity contribution is -0.115. The number of nitrogens with one attached hydrogen (secondary N) is 1. The third kappa shape index (κ3) is 6.50. The van der Waals surface area contributed by atoms with Gasteiger partial charge in [0.1, 0.15) is 16.5 Å². The minimum Gasteiger partial charge on any atom is -0.465 e. The minimum absolute atomic E-state index is 0.236. The van der Waals surface area contributed by atoms with Crippen LogP contribution in [0.4, 0.5) is 5.00 Å². The van der Waals surface area contributed by atoms with Crippen molar-refractivity contribution in [2.75, 3.05) is 30.5 Å². The summed E-state index contributed by atoms with van der Waals surface area (Å²) in [7, 11) is -2.92. The first-order chi connectivity index (χ1) is 19.1. The van der Waals surface area contributed by atoms with Gasteiger partial charge in [-0.05, 0) is 63.3 Å². The number of methoxy groups -OCH3 is 1. The average molecular weight is 608 g/mol. The second-order valence-corrected chi connectivity index (χ2v) is 13.2. The number of hydrogen-bond acceptors (Lipinski definition) is 10. The number of thiophene rings is 1. The van der Waals surface area contributed by atoms with Crippen molar-refractivity contribution in [2.24, 2.45) is 4.99 Å². The zero-order valence-corrected chi connectivity index (χ0v) is 24.7. The number of hydrogen-bond donors (Lipinski definition) is 1. The molecule has 1 aromatic carbocycles. The van der Waals surface area contributed by atoms with Crippen LogP contribution in [0.2, 0.25) is 0 Å². The highest BCUT2D eigenvalue weighted by atomic mass is 32.2. The van der Waals surface area contributed by atoms with E-state index in [1.807, 2.05) is 6.92 Å². The molecule has 0 saturated carbocycles. The van der Waals surface area contributed by atoms with E-state index in [4.69, 9.17) is 9.47 Å². The molecule has 0 radical (unpaired) electrons. The zero-order chi connectivity index (χ0) is 29.0. The van der Waals surface area contributed by atoms with Gasteiger partial charge in [-0.15, -0.1) is 11.3 Å². The van der Waals surface area contributed by atoms with Crippen LogP contribution in [-0.4, -0.2) is 62.0 Å². The number of sulfone groups is 1. The summed E-state index contributed by atoms with van der Waals surface area (Å²) >= 11 is 2.38. The Kier molecular flexibility index (Phi) is 9.21. The first-order valence-electron chi connectivity index (χ1n) is 12.7. The van der Waals surface area contributed by atoms with Crippen molar-refractivity contribution in [1.29, 1.82) is 0 Å². The Balaban J connectivity index is 1.50. The highest BCUT2D eigenvalue weighted by Gasteiger charge is 2.28. The smallest absolute Gasteiger partial charge is 0.341 e. The van der Waals surface area contributed by atoms with Crippen LogP contribution < -0.4 is 10.1 Å². The van der Waals surface area contributed by atoms with Gasteiger partial charge < -0.3 is 19.4 Å². The molecular weight excluding hydrogens is 579 g/mol. The minimum atomic E-state index is -4.17. The Hall–Kier alpha value is -3.36. The van der Waals surface area contributed by atoms with E-state index in [1.165, 1.54) is 18.4 Å². The van der Waals surface area contributed by atoms with Crippen LogP contribution in [0.1, 0.15) is 57.8 Å². The van der Waals surface area contributed by atoms with Crippen LogP contribution in [-0.2, 0) is 48.3 Å². The van der Waals surface area contributed by atoms with Gasteiger partial charge in [-0.1, -0.05) is 11.3 Å². The van der Waals surface area contributed by atoms with Gasteiger partial charge in [0.2, 0.25) is 5.91 Å². The average Bonchev–Trinajstić information content (AvgIpc) is 3.43. The molecule has 0 spiro atoms. The van der Waals surface area contributed by atoms with Gasteiger partial charge >= 0.3 is 11.9 Å². The molecule has 0 bridgehead atoms. The molecule has 0 saturated heterocycles. The van der Waals surface area contributed by atoms with Gasteiger partial charge in [-0.2, -0.15) is 4.99 Å². The predicted molar refractivity (Wildman–Crippen MR) is 152 cm³/mol. The quantitative estimate of drug-likeness (QED) is 0.365. The molecule has 11 nitrogen and oxygen atoms in total. The number of fused-ring (bicyclic) bond motifs is 2. The molecule has 0 unspecified atom stereocenters. The van der Waals surface area contributed by atoms with E-state index in [1.54, 1.807) is 29.7 Å². The third-order valence-corrected chi connectivity index (χ3v) is 9.88. The summed E-state index contributed by atoms with van der Waals surface area (Å²) in [4.78, 5) is 55.1. The largest absolute Gasteiger partial charge is 0.465 e.